The molecule has 1 fully saturated rings. The third-order valence-corrected chi connectivity index (χ3v) is 4.90. The Balaban J connectivity index is 1.87. The summed E-state index contributed by atoms with van der Waals surface area (Å²) in [4.78, 5) is 0. The van der Waals surface area contributed by atoms with Crippen molar-refractivity contribution in [2.24, 2.45) is 5.73 Å². The van der Waals surface area contributed by atoms with Crippen molar-refractivity contribution in [3.8, 4) is 0 Å². The van der Waals surface area contributed by atoms with Crippen LogP contribution in [0.15, 0.2) is 0 Å². The highest BCUT2D eigenvalue weighted by Gasteiger charge is 2.33. The van der Waals surface area contributed by atoms with E-state index in [1.54, 1.807) is 0 Å². The fourth-order valence-corrected chi connectivity index (χ4v) is 3.34. The van der Waals surface area contributed by atoms with Crippen LogP contribution in [-0.2, 0) is 0 Å². The van der Waals surface area contributed by atoms with Gasteiger partial charge in [0.05, 0.1) is 0 Å². The molecule has 0 aliphatic heterocycles. The minimum atomic E-state index is -0.879. The highest BCUT2D eigenvalue weighted by atomic mass is 19.1. The molecule has 0 saturated heterocycles. The number of halogens is 1. The molecule has 20 heavy (non-hydrogen) atoms. The molecule has 1 saturated carbocycles. The molecule has 1 nitrogen and oxygen atoms in total. The van der Waals surface area contributed by atoms with Crippen LogP contribution in [0.2, 0.25) is 0 Å². The van der Waals surface area contributed by atoms with E-state index >= 15 is 0 Å². The third-order valence-electron chi connectivity index (χ3n) is 4.90. The SMILES string of the molecule is CCCCCCCCCCCCC1(F)CCC(N)CC1. The van der Waals surface area contributed by atoms with Crippen LogP contribution in [0.4, 0.5) is 4.39 Å². The van der Waals surface area contributed by atoms with E-state index in [4.69, 9.17) is 5.73 Å². The Kier molecular flexibility index (Phi) is 9.50. The molecule has 2 N–H and O–H groups in total. The van der Waals surface area contributed by atoms with Gasteiger partial charge in [0, 0.05) is 6.04 Å². The van der Waals surface area contributed by atoms with Gasteiger partial charge in [-0.3, -0.25) is 0 Å². The minimum absolute atomic E-state index is 0.256. The maximum atomic E-state index is 14.4. The van der Waals surface area contributed by atoms with E-state index < -0.39 is 5.67 Å². The van der Waals surface area contributed by atoms with Crippen molar-refractivity contribution < 1.29 is 4.39 Å². The molecule has 0 atom stereocenters. The lowest BCUT2D eigenvalue weighted by atomic mass is 9.80. The second-order valence-corrected chi connectivity index (χ2v) is 6.92. The van der Waals surface area contributed by atoms with E-state index in [1.165, 1.54) is 57.8 Å². The van der Waals surface area contributed by atoms with Gasteiger partial charge in [-0.25, -0.2) is 4.39 Å². The van der Waals surface area contributed by atoms with Crippen molar-refractivity contribution in [2.75, 3.05) is 0 Å². The van der Waals surface area contributed by atoms with Gasteiger partial charge in [-0.2, -0.15) is 0 Å². The van der Waals surface area contributed by atoms with Crippen LogP contribution < -0.4 is 5.73 Å². The van der Waals surface area contributed by atoms with Crippen LogP contribution in [0, 0.1) is 0 Å². The Bertz CT molecular complexity index is 221. The van der Waals surface area contributed by atoms with Crippen LogP contribution in [0.25, 0.3) is 0 Å². The number of unbranched alkanes of at least 4 members (excludes halogenated alkanes) is 9. The largest absolute Gasteiger partial charge is 0.328 e. The molecule has 0 radical (unpaired) electrons. The van der Waals surface area contributed by atoms with Crippen LogP contribution in [-0.4, -0.2) is 11.7 Å². The lowest BCUT2D eigenvalue weighted by molar-refractivity contribution is 0.0857. The zero-order chi connectivity index (χ0) is 14.7. The van der Waals surface area contributed by atoms with Crippen molar-refractivity contribution in [3.05, 3.63) is 0 Å². The zero-order valence-electron chi connectivity index (χ0n) is 13.6. The number of alkyl halides is 1. The molecular formula is C18H36FN. The molecule has 1 aliphatic rings. The maximum Gasteiger partial charge on any atom is 0.111 e. The Morgan fingerprint density at radius 3 is 1.80 bits per heavy atom. The smallest absolute Gasteiger partial charge is 0.111 e. The van der Waals surface area contributed by atoms with Crippen LogP contribution in [0.3, 0.4) is 0 Å². The molecule has 0 aromatic rings. The molecule has 1 rings (SSSR count). The predicted molar refractivity (Wildman–Crippen MR) is 86.7 cm³/mol. The summed E-state index contributed by atoms with van der Waals surface area (Å²) in [6.45, 7) is 2.26. The van der Waals surface area contributed by atoms with Crippen molar-refractivity contribution in [1.82, 2.24) is 0 Å². The topological polar surface area (TPSA) is 26.0 Å². The van der Waals surface area contributed by atoms with E-state index in [2.05, 4.69) is 6.92 Å². The average Bonchev–Trinajstić information content (AvgIpc) is 2.45. The minimum Gasteiger partial charge on any atom is -0.328 e. The fraction of sp³-hybridized carbons (Fsp3) is 1.00. The van der Waals surface area contributed by atoms with Gasteiger partial charge >= 0.3 is 0 Å². The van der Waals surface area contributed by atoms with Gasteiger partial charge in [0.25, 0.3) is 0 Å². The average molecular weight is 285 g/mol. The van der Waals surface area contributed by atoms with E-state index in [-0.39, 0.29) is 6.04 Å². The molecule has 0 aromatic carbocycles. The summed E-state index contributed by atoms with van der Waals surface area (Å²) in [6.07, 6.45) is 17.2. The van der Waals surface area contributed by atoms with Crippen LogP contribution in [0.5, 0.6) is 0 Å². The Morgan fingerprint density at radius 1 is 0.850 bits per heavy atom. The first kappa shape index (κ1) is 17.9. The summed E-state index contributed by atoms with van der Waals surface area (Å²) in [7, 11) is 0. The predicted octanol–water partition coefficient (Wildman–Crippen LogP) is 5.91. The molecule has 0 amide bonds. The second kappa shape index (κ2) is 10.6. The summed E-state index contributed by atoms with van der Waals surface area (Å²) in [5.41, 5.74) is 4.96. The molecular weight excluding hydrogens is 249 g/mol. The van der Waals surface area contributed by atoms with Gasteiger partial charge in [0.15, 0.2) is 0 Å². The molecule has 0 bridgehead atoms. The van der Waals surface area contributed by atoms with Crippen LogP contribution >= 0.6 is 0 Å². The van der Waals surface area contributed by atoms with Crippen molar-refractivity contribution in [1.29, 1.82) is 0 Å². The van der Waals surface area contributed by atoms with E-state index in [1.807, 2.05) is 0 Å². The van der Waals surface area contributed by atoms with Gasteiger partial charge in [-0.1, -0.05) is 71.1 Å². The van der Waals surface area contributed by atoms with Gasteiger partial charge in [0.2, 0.25) is 0 Å². The number of rotatable bonds is 11. The highest BCUT2D eigenvalue weighted by Crippen LogP contribution is 2.35. The van der Waals surface area contributed by atoms with Gasteiger partial charge in [0.1, 0.15) is 5.67 Å². The maximum absolute atomic E-state index is 14.4. The highest BCUT2D eigenvalue weighted by molar-refractivity contribution is 4.87. The normalized spacial score (nSPS) is 26.9. The van der Waals surface area contributed by atoms with Gasteiger partial charge in [-0.15, -0.1) is 0 Å². The van der Waals surface area contributed by atoms with E-state index in [9.17, 15) is 4.39 Å². The summed E-state index contributed by atoms with van der Waals surface area (Å²) in [5.74, 6) is 0. The molecule has 0 aromatic heterocycles. The van der Waals surface area contributed by atoms with Crippen molar-refractivity contribution >= 4 is 0 Å². The summed E-state index contributed by atoms with van der Waals surface area (Å²) >= 11 is 0. The van der Waals surface area contributed by atoms with Gasteiger partial charge in [-0.05, 0) is 32.1 Å². The fourth-order valence-electron chi connectivity index (χ4n) is 3.34. The lowest BCUT2D eigenvalue weighted by Crippen LogP contribution is -2.35. The molecule has 1 aliphatic carbocycles. The molecule has 2 heteroatoms. The van der Waals surface area contributed by atoms with Crippen molar-refractivity contribution in [2.45, 2.75) is 115 Å². The molecule has 0 unspecified atom stereocenters. The molecule has 120 valence electrons. The van der Waals surface area contributed by atoms with Crippen molar-refractivity contribution in [3.63, 3.8) is 0 Å². The quantitative estimate of drug-likeness (QED) is 0.469. The Morgan fingerprint density at radius 2 is 1.30 bits per heavy atom. The van der Waals surface area contributed by atoms with E-state index in [0.29, 0.717) is 12.8 Å². The second-order valence-electron chi connectivity index (χ2n) is 6.92. The zero-order valence-corrected chi connectivity index (χ0v) is 13.6. The summed E-state index contributed by atoms with van der Waals surface area (Å²) in [6, 6.07) is 0.256. The Labute approximate surface area is 125 Å². The van der Waals surface area contributed by atoms with E-state index in [0.717, 1.165) is 25.7 Å². The number of hydrogen-bond donors (Lipinski definition) is 1. The molecule has 0 spiro atoms. The first-order valence-corrected chi connectivity index (χ1v) is 9.11. The lowest BCUT2D eigenvalue weighted by Gasteiger charge is -2.32. The summed E-state index contributed by atoms with van der Waals surface area (Å²) < 4.78 is 14.4. The van der Waals surface area contributed by atoms with Gasteiger partial charge < -0.3 is 5.73 Å². The summed E-state index contributed by atoms with van der Waals surface area (Å²) in [5, 5.41) is 0. The van der Waals surface area contributed by atoms with Crippen LogP contribution in [0.1, 0.15) is 103 Å². The Hall–Kier alpha value is -0.110. The first-order chi connectivity index (χ1) is 9.66. The third kappa shape index (κ3) is 8.24. The number of hydrogen-bond acceptors (Lipinski definition) is 1. The standard InChI is InChI=1S/C18H36FN/c1-2-3-4-5-6-7-8-9-10-11-14-18(19)15-12-17(20)13-16-18/h17H,2-16,20H2,1H3. The first-order valence-electron chi connectivity index (χ1n) is 9.11. The monoisotopic (exact) mass is 285 g/mol. The molecule has 0 heterocycles. The number of nitrogens with two attached hydrogens (primary N) is 1.